The largest absolute Gasteiger partial charge is 0.448 e. The van der Waals surface area contributed by atoms with Gasteiger partial charge in [-0.25, -0.2) is 4.79 Å². The first-order chi connectivity index (χ1) is 14.8. The zero-order chi connectivity index (χ0) is 20.8. The van der Waals surface area contributed by atoms with E-state index in [4.69, 9.17) is 9.57 Å². The topological polar surface area (TPSA) is 54.4 Å². The van der Waals surface area contributed by atoms with Crippen molar-refractivity contribution in [3.63, 3.8) is 0 Å². The minimum absolute atomic E-state index is 0.0948. The third-order valence-electron chi connectivity index (χ3n) is 5.65. The average molecular weight is 405 g/mol. The van der Waals surface area contributed by atoms with Crippen molar-refractivity contribution in [2.75, 3.05) is 45.9 Å². The molecule has 0 N–H and O–H groups in total. The molecule has 4 rings (SSSR count). The molecule has 1 saturated heterocycles. The first-order valence-electron chi connectivity index (χ1n) is 10.5. The van der Waals surface area contributed by atoms with Crippen LogP contribution in [0.15, 0.2) is 59.8 Å². The minimum atomic E-state index is -0.232. The number of amides is 1. The van der Waals surface area contributed by atoms with Crippen LogP contribution in [0.25, 0.3) is 11.1 Å². The van der Waals surface area contributed by atoms with E-state index in [0.29, 0.717) is 26.3 Å². The van der Waals surface area contributed by atoms with Crippen LogP contribution in [0, 0.1) is 0 Å². The van der Waals surface area contributed by atoms with Gasteiger partial charge < -0.3 is 14.5 Å². The summed E-state index contributed by atoms with van der Waals surface area (Å²) in [6.45, 7) is 6.46. The Morgan fingerprint density at radius 2 is 1.70 bits per heavy atom. The lowest BCUT2D eigenvalue weighted by Crippen LogP contribution is -2.48. The van der Waals surface area contributed by atoms with Gasteiger partial charge >= 0.3 is 6.09 Å². The molecule has 2 aromatic carbocycles. The van der Waals surface area contributed by atoms with Crippen molar-refractivity contribution in [1.82, 2.24) is 9.80 Å². The van der Waals surface area contributed by atoms with Gasteiger partial charge in [-0.3, -0.25) is 4.90 Å². The number of ether oxygens (including phenoxy) is 1. The van der Waals surface area contributed by atoms with Crippen molar-refractivity contribution in [2.45, 2.75) is 12.8 Å². The Morgan fingerprint density at radius 1 is 1.07 bits per heavy atom. The first kappa shape index (κ1) is 20.2. The van der Waals surface area contributed by atoms with Crippen LogP contribution in [0.5, 0.6) is 0 Å². The number of hydrogen-bond acceptors (Lipinski definition) is 5. The van der Waals surface area contributed by atoms with Gasteiger partial charge in [0.25, 0.3) is 0 Å². The molecule has 0 atom stereocenters. The van der Waals surface area contributed by atoms with E-state index in [-0.39, 0.29) is 12.0 Å². The summed E-state index contributed by atoms with van der Waals surface area (Å²) in [6, 6.07) is 16.8. The number of benzene rings is 2. The molecule has 0 unspecified atom stereocenters. The molecule has 6 nitrogen and oxygen atoms in total. The lowest BCUT2D eigenvalue weighted by molar-refractivity contribution is 0.0771. The second kappa shape index (κ2) is 9.61. The van der Waals surface area contributed by atoms with Gasteiger partial charge in [0.15, 0.2) is 0 Å². The SMILES string of the molecule is CCON=C=CCN1CCN(C(=O)OCC2c3ccccc3-c3ccccc32)CC1. The van der Waals surface area contributed by atoms with Crippen LogP contribution in [0.4, 0.5) is 4.79 Å². The summed E-state index contributed by atoms with van der Waals surface area (Å²) < 4.78 is 5.76. The molecule has 0 aromatic heterocycles. The van der Waals surface area contributed by atoms with E-state index in [2.05, 4.69) is 52.3 Å². The van der Waals surface area contributed by atoms with Crippen LogP contribution in [-0.4, -0.2) is 67.7 Å². The van der Waals surface area contributed by atoms with Crippen LogP contribution in [-0.2, 0) is 9.57 Å². The van der Waals surface area contributed by atoms with Crippen molar-refractivity contribution >= 4 is 12.0 Å². The van der Waals surface area contributed by atoms with E-state index < -0.39 is 0 Å². The number of piperazine rings is 1. The molecular weight excluding hydrogens is 378 g/mol. The van der Waals surface area contributed by atoms with Gasteiger partial charge in [-0.05, 0) is 40.4 Å². The van der Waals surface area contributed by atoms with Gasteiger partial charge in [-0.15, -0.1) is 0 Å². The molecule has 2 aromatic rings. The smallest absolute Gasteiger partial charge is 0.409 e. The fraction of sp³-hybridized carbons (Fsp3) is 0.375. The maximum Gasteiger partial charge on any atom is 0.409 e. The van der Waals surface area contributed by atoms with E-state index in [1.54, 1.807) is 4.90 Å². The molecular formula is C24H27N3O3. The van der Waals surface area contributed by atoms with E-state index in [9.17, 15) is 4.79 Å². The molecule has 1 amide bonds. The Balaban J connectivity index is 1.30. The molecule has 0 bridgehead atoms. The molecule has 30 heavy (non-hydrogen) atoms. The molecule has 1 heterocycles. The van der Waals surface area contributed by atoms with Crippen molar-refractivity contribution in [3.8, 4) is 11.1 Å². The van der Waals surface area contributed by atoms with Crippen molar-refractivity contribution in [1.29, 1.82) is 0 Å². The number of nitrogens with zero attached hydrogens (tertiary/aromatic N) is 3. The summed E-state index contributed by atoms with van der Waals surface area (Å²) in [7, 11) is 0. The molecule has 156 valence electrons. The highest BCUT2D eigenvalue weighted by atomic mass is 16.6. The normalized spacial score (nSPS) is 15.7. The second-order valence-electron chi connectivity index (χ2n) is 7.43. The molecule has 2 aliphatic rings. The minimum Gasteiger partial charge on any atom is -0.448 e. The Kier molecular flexibility index (Phi) is 6.47. The predicted molar refractivity (Wildman–Crippen MR) is 117 cm³/mol. The van der Waals surface area contributed by atoms with Gasteiger partial charge in [-0.2, -0.15) is 0 Å². The Morgan fingerprint density at radius 3 is 2.33 bits per heavy atom. The maximum absolute atomic E-state index is 12.7. The Labute approximate surface area is 177 Å². The number of hydrogen-bond donors (Lipinski definition) is 0. The molecule has 1 aliphatic carbocycles. The Hall–Kier alpha value is -3.08. The second-order valence-corrected chi connectivity index (χ2v) is 7.43. The van der Waals surface area contributed by atoms with Gasteiger partial charge in [0, 0.05) is 44.5 Å². The van der Waals surface area contributed by atoms with Crippen molar-refractivity contribution in [3.05, 3.63) is 65.7 Å². The zero-order valence-electron chi connectivity index (χ0n) is 17.3. The molecule has 0 radical (unpaired) electrons. The molecule has 0 saturated carbocycles. The fourth-order valence-corrected chi connectivity index (χ4v) is 4.11. The Bertz CT molecular complexity index is 899. The van der Waals surface area contributed by atoms with E-state index in [1.807, 2.05) is 25.1 Å². The fourth-order valence-electron chi connectivity index (χ4n) is 4.11. The highest BCUT2D eigenvalue weighted by Crippen LogP contribution is 2.44. The maximum atomic E-state index is 12.7. The molecule has 0 spiro atoms. The summed E-state index contributed by atoms with van der Waals surface area (Å²) in [6.07, 6.45) is 1.61. The van der Waals surface area contributed by atoms with E-state index in [1.165, 1.54) is 22.3 Å². The first-order valence-corrected chi connectivity index (χ1v) is 10.5. The third kappa shape index (κ3) is 4.40. The van der Waals surface area contributed by atoms with Crippen LogP contribution >= 0.6 is 0 Å². The van der Waals surface area contributed by atoms with Crippen LogP contribution in [0.1, 0.15) is 24.0 Å². The summed E-state index contributed by atoms with van der Waals surface area (Å²) in [5.74, 6) is 2.86. The summed E-state index contributed by atoms with van der Waals surface area (Å²) in [5.41, 5.74) is 4.95. The summed E-state index contributed by atoms with van der Waals surface area (Å²) in [4.78, 5) is 21.6. The van der Waals surface area contributed by atoms with E-state index >= 15 is 0 Å². The van der Waals surface area contributed by atoms with Crippen molar-refractivity contribution < 1.29 is 14.4 Å². The van der Waals surface area contributed by atoms with Crippen LogP contribution in [0.2, 0.25) is 0 Å². The molecule has 1 fully saturated rings. The van der Waals surface area contributed by atoms with Crippen LogP contribution < -0.4 is 0 Å². The highest BCUT2D eigenvalue weighted by Gasteiger charge is 2.30. The summed E-state index contributed by atoms with van der Waals surface area (Å²) >= 11 is 0. The number of carbonyl (C=O) groups excluding carboxylic acids is 1. The van der Waals surface area contributed by atoms with Gasteiger partial charge in [0.05, 0.1) is 0 Å². The lowest BCUT2D eigenvalue weighted by atomic mass is 9.98. The third-order valence-corrected chi connectivity index (χ3v) is 5.65. The molecule has 6 heteroatoms. The lowest BCUT2D eigenvalue weighted by Gasteiger charge is -2.33. The van der Waals surface area contributed by atoms with Crippen molar-refractivity contribution in [2.24, 2.45) is 5.16 Å². The number of fused-ring (bicyclic) bond motifs is 3. The average Bonchev–Trinajstić information content (AvgIpc) is 3.11. The zero-order valence-corrected chi connectivity index (χ0v) is 17.3. The quantitative estimate of drug-likeness (QED) is 0.543. The standard InChI is InChI=1S/C24H27N3O3/c1-2-30-25-12-7-13-26-14-16-27(17-15-26)24(28)29-18-23-21-10-5-3-8-19(21)20-9-4-6-11-22(20)23/h3-11,23H,2,13-18H2,1H3. The molecule has 1 aliphatic heterocycles. The monoisotopic (exact) mass is 405 g/mol. The summed E-state index contributed by atoms with van der Waals surface area (Å²) in [5, 5.41) is 3.69. The number of carbonyl (C=O) groups is 1. The number of rotatable bonds is 6. The van der Waals surface area contributed by atoms with Gasteiger partial charge in [-0.1, -0.05) is 48.5 Å². The van der Waals surface area contributed by atoms with Crippen LogP contribution in [0.3, 0.4) is 0 Å². The van der Waals surface area contributed by atoms with Gasteiger partial charge in [0.2, 0.25) is 0 Å². The van der Waals surface area contributed by atoms with Gasteiger partial charge in [0.1, 0.15) is 13.2 Å². The van der Waals surface area contributed by atoms with E-state index in [0.717, 1.165) is 19.6 Å². The predicted octanol–water partition coefficient (Wildman–Crippen LogP) is 3.73. The highest BCUT2D eigenvalue weighted by molar-refractivity contribution is 5.79.